The lowest BCUT2D eigenvalue weighted by atomic mass is 10.1. The maximum atomic E-state index is 12.9. The maximum Gasteiger partial charge on any atom is 0.253 e. The molecule has 0 saturated carbocycles. The lowest BCUT2D eigenvalue weighted by Gasteiger charge is -2.37. The number of nitrogens with zero attached hydrogens (tertiary/aromatic N) is 2. The van der Waals surface area contributed by atoms with Gasteiger partial charge in [0, 0.05) is 31.7 Å². The van der Waals surface area contributed by atoms with E-state index in [2.05, 4.69) is 11.0 Å². The van der Waals surface area contributed by atoms with Crippen LogP contribution in [0.2, 0.25) is 0 Å². The van der Waals surface area contributed by atoms with Gasteiger partial charge in [-0.3, -0.25) is 4.79 Å². The first-order valence-electron chi connectivity index (χ1n) is 8.86. The fourth-order valence-electron chi connectivity index (χ4n) is 3.48. The molecule has 1 fully saturated rings. The van der Waals surface area contributed by atoms with Gasteiger partial charge < -0.3 is 19.3 Å². The van der Waals surface area contributed by atoms with E-state index in [-0.39, 0.29) is 5.91 Å². The zero-order valence-corrected chi connectivity index (χ0v) is 14.9. The predicted octanol–water partition coefficient (Wildman–Crippen LogP) is 2.82. The van der Waals surface area contributed by atoms with Crippen molar-refractivity contribution < 1.29 is 14.3 Å². The molecule has 0 bridgehead atoms. The van der Waals surface area contributed by atoms with Gasteiger partial charge in [-0.2, -0.15) is 0 Å². The molecule has 1 saturated heterocycles. The van der Waals surface area contributed by atoms with Crippen molar-refractivity contribution in [2.24, 2.45) is 0 Å². The van der Waals surface area contributed by atoms with Crippen LogP contribution in [0.4, 0.5) is 5.69 Å². The summed E-state index contributed by atoms with van der Waals surface area (Å²) in [5, 5.41) is 0. The Labute approximate surface area is 153 Å². The van der Waals surface area contributed by atoms with Gasteiger partial charge in [-0.25, -0.2) is 0 Å². The van der Waals surface area contributed by atoms with Crippen LogP contribution in [0, 0.1) is 0 Å². The predicted molar refractivity (Wildman–Crippen MR) is 102 cm³/mol. The molecule has 0 N–H and O–H groups in total. The molecular weight excluding hydrogens is 328 g/mol. The molecule has 0 radical (unpaired) electrons. The topological polar surface area (TPSA) is 42.0 Å². The Morgan fingerprint density at radius 2 is 1.73 bits per heavy atom. The molecule has 2 aromatic carbocycles. The van der Waals surface area contributed by atoms with Crippen molar-refractivity contribution in [3.8, 4) is 11.5 Å². The van der Waals surface area contributed by atoms with Gasteiger partial charge in [0.1, 0.15) is 18.1 Å². The van der Waals surface area contributed by atoms with Gasteiger partial charge in [-0.05, 0) is 24.3 Å². The van der Waals surface area contributed by atoms with E-state index in [0.717, 1.165) is 41.4 Å². The highest BCUT2D eigenvalue weighted by atomic mass is 16.5. The largest absolute Gasteiger partial charge is 0.495 e. The Morgan fingerprint density at radius 1 is 1.00 bits per heavy atom. The standard InChI is InChI=1S/C21H22N2O3/c1-25-20-9-5-3-7-18(20)22-10-12-23(13-11-22)21(24)17-14-16-6-2-4-8-19(16)26-15-17/h2-9,14H,10-13,15H2,1H3. The van der Waals surface area contributed by atoms with Crippen molar-refractivity contribution >= 4 is 17.7 Å². The van der Waals surface area contributed by atoms with Crippen LogP contribution in [0.3, 0.4) is 0 Å². The maximum absolute atomic E-state index is 12.9. The van der Waals surface area contributed by atoms with Crippen molar-refractivity contribution in [1.29, 1.82) is 0 Å². The molecule has 2 heterocycles. The quantitative estimate of drug-likeness (QED) is 0.854. The molecule has 0 atom stereocenters. The molecule has 2 aliphatic rings. The van der Waals surface area contributed by atoms with Gasteiger partial charge >= 0.3 is 0 Å². The van der Waals surface area contributed by atoms with Gasteiger partial charge in [-0.15, -0.1) is 0 Å². The molecule has 4 rings (SSSR count). The molecular formula is C21H22N2O3. The number of ether oxygens (including phenoxy) is 2. The normalized spacial score (nSPS) is 16.4. The van der Waals surface area contributed by atoms with Crippen molar-refractivity contribution in [3.05, 3.63) is 59.7 Å². The Kier molecular flexibility index (Phi) is 4.52. The number of hydrogen-bond acceptors (Lipinski definition) is 4. The molecule has 134 valence electrons. The summed E-state index contributed by atoms with van der Waals surface area (Å²) >= 11 is 0. The number of carbonyl (C=O) groups is 1. The Hall–Kier alpha value is -2.95. The number of methoxy groups -OCH3 is 1. The number of rotatable bonds is 3. The number of para-hydroxylation sites is 3. The van der Waals surface area contributed by atoms with Gasteiger partial charge in [0.15, 0.2) is 0 Å². The number of amides is 1. The Balaban J connectivity index is 1.44. The molecule has 2 aliphatic heterocycles. The summed E-state index contributed by atoms with van der Waals surface area (Å²) in [7, 11) is 1.69. The zero-order valence-electron chi connectivity index (χ0n) is 14.9. The molecule has 5 heteroatoms. The minimum absolute atomic E-state index is 0.0687. The lowest BCUT2D eigenvalue weighted by Crippen LogP contribution is -2.49. The minimum Gasteiger partial charge on any atom is -0.495 e. The number of carbonyl (C=O) groups excluding carboxylic acids is 1. The van der Waals surface area contributed by atoms with Crippen LogP contribution in [0.5, 0.6) is 11.5 Å². The number of anilines is 1. The second-order valence-electron chi connectivity index (χ2n) is 6.45. The van der Waals surface area contributed by atoms with E-state index in [1.54, 1.807) is 7.11 Å². The van der Waals surface area contributed by atoms with Crippen molar-refractivity contribution in [2.75, 3.05) is 44.8 Å². The number of fused-ring (bicyclic) bond motifs is 1. The summed E-state index contributed by atoms with van der Waals surface area (Å²) in [6.07, 6.45) is 1.95. The van der Waals surface area contributed by atoms with E-state index >= 15 is 0 Å². The third-order valence-corrected chi connectivity index (χ3v) is 4.90. The number of piperazine rings is 1. The first-order chi connectivity index (χ1) is 12.8. The van der Waals surface area contributed by atoms with E-state index in [0.29, 0.717) is 19.7 Å². The number of hydrogen-bond donors (Lipinski definition) is 0. The molecule has 5 nitrogen and oxygen atoms in total. The fraction of sp³-hybridized carbons (Fsp3) is 0.286. The summed E-state index contributed by atoms with van der Waals surface area (Å²) in [4.78, 5) is 17.0. The minimum atomic E-state index is 0.0687. The van der Waals surface area contributed by atoms with E-state index in [4.69, 9.17) is 9.47 Å². The molecule has 0 spiro atoms. The summed E-state index contributed by atoms with van der Waals surface area (Å²) in [5.74, 6) is 1.77. The second-order valence-corrected chi connectivity index (χ2v) is 6.45. The van der Waals surface area contributed by atoms with E-state index < -0.39 is 0 Å². The Bertz CT molecular complexity index is 839. The van der Waals surface area contributed by atoms with E-state index in [1.165, 1.54) is 0 Å². The van der Waals surface area contributed by atoms with Crippen LogP contribution in [0.25, 0.3) is 6.08 Å². The van der Waals surface area contributed by atoms with E-state index in [9.17, 15) is 4.79 Å². The SMILES string of the molecule is COc1ccccc1N1CCN(C(=O)C2=Cc3ccccc3OC2)CC1. The summed E-state index contributed by atoms with van der Waals surface area (Å²) < 4.78 is 11.2. The van der Waals surface area contributed by atoms with Crippen molar-refractivity contribution in [2.45, 2.75) is 0 Å². The molecule has 26 heavy (non-hydrogen) atoms. The highest BCUT2D eigenvalue weighted by Gasteiger charge is 2.26. The van der Waals surface area contributed by atoms with Gasteiger partial charge in [0.2, 0.25) is 0 Å². The monoisotopic (exact) mass is 350 g/mol. The van der Waals surface area contributed by atoms with Crippen LogP contribution in [-0.2, 0) is 4.79 Å². The van der Waals surface area contributed by atoms with Gasteiger partial charge in [-0.1, -0.05) is 30.3 Å². The second kappa shape index (κ2) is 7.12. The van der Waals surface area contributed by atoms with Crippen LogP contribution in [0.15, 0.2) is 54.1 Å². The highest BCUT2D eigenvalue weighted by Crippen LogP contribution is 2.29. The summed E-state index contributed by atoms with van der Waals surface area (Å²) in [6.45, 7) is 3.29. The molecule has 2 aromatic rings. The number of benzene rings is 2. The van der Waals surface area contributed by atoms with Crippen molar-refractivity contribution in [1.82, 2.24) is 4.90 Å². The smallest absolute Gasteiger partial charge is 0.253 e. The molecule has 0 aromatic heterocycles. The third-order valence-electron chi connectivity index (χ3n) is 4.90. The van der Waals surface area contributed by atoms with Crippen LogP contribution >= 0.6 is 0 Å². The molecule has 0 aliphatic carbocycles. The van der Waals surface area contributed by atoms with Crippen molar-refractivity contribution in [3.63, 3.8) is 0 Å². The lowest BCUT2D eigenvalue weighted by molar-refractivity contribution is -0.127. The fourth-order valence-corrected chi connectivity index (χ4v) is 3.48. The van der Waals surface area contributed by atoms with Gasteiger partial charge in [0.25, 0.3) is 5.91 Å². The average Bonchev–Trinajstić information content (AvgIpc) is 2.73. The first-order valence-corrected chi connectivity index (χ1v) is 8.86. The first kappa shape index (κ1) is 16.5. The molecule has 1 amide bonds. The summed E-state index contributed by atoms with van der Waals surface area (Å²) in [6, 6.07) is 15.8. The zero-order chi connectivity index (χ0) is 17.9. The van der Waals surface area contributed by atoms with Gasteiger partial charge in [0.05, 0.1) is 18.4 Å². The molecule has 0 unspecified atom stereocenters. The average molecular weight is 350 g/mol. The van der Waals surface area contributed by atoms with E-state index in [1.807, 2.05) is 53.4 Å². The van der Waals surface area contributed by atoms with Crippen LogP contribution in [-0.4, -0.2) is 50.7 Å². The summed E-state index contributed by atoms with van der Waals surface area (Å²) in [5.41, 5.74) is 2.76. The van der Waals surface area contributed by atoms with Crippen LogP contribution in [0.1, 0.15) is 5.56 Å². The third kappa shape index (κ3) is 3.12. The Morgan fingerprint density at radius 3 is 2.54 bits per heavy atom. The van der Waals surface area contributed by atoms with Crippen LogP contribution < -0.4 is 14.4 Å². The highest BCUT2D eigenvalue weighted by molar-refractivity contribution is 5.99.